The molecule has 1 aromatic heterocycles. The van der Waals surface area contributed by atoms with Gasteiger partial charge in [0.25, 0.3) is 0 Å². The first-order valence-corrected chi connectivity index (χ1v) is 21.2. The third-order valence-electron chi connectivity index (χ3n) is 11.7. The first kappa shape index (κ1) is 38.6. The molecule has 0 atom stereocenters. The standard InChI is InChI=1S/C59H42N4/c1-42-19-17-31-54(53-30-16-15-21-44(53)41-60)51(42)35-36-52-43(2)20-18-32-57(52)63-58-37-33-49(61(45-22-7-3-8-23-45)46-24-9-4-10-25-46)39-55(58)56-40-50(34-38-59(56)63)62(47-26-11-5-12-27-47)48-28-13-6-14-29-48/h3-34,37-40H,1-2H3. The average Bonchev–Trinajstić information content (AvgIpc) is 3.66. The summed E-state index contributed by atoms with van der Waals surface area (Å²) in [5.41, 5.74) is 16.0. The average molecular weight is 807 g/mol. The molecule has 10 rings (SSSR count). The Morgan fingerprint density at radius 2 is 0.794 bits per heavy atom. The summed E-state index contributed by atoms with van der Waals surface area (Å²) in [7, 11) is 0. The van der Waals surface area contributed by atoms with Crippen molar-refractivity contribution in [1.82, 2.24) is 4.57 Å². The van der Waals surface area contributed by atoms with Crippen molar-refractivity contribution in [3.8, 4) is 34.7 Å². The summed E-state index contributed by atoms with van der Waals surface area (Å²) in [6, 6.07) is 78.6. The third-order valence-corrected chi connectivity index (χ3v) is 11.7. The van der Waals surface area contributed by atoms with E-state index in [1.807, 2.05) is 30.3 Å². The molecule has 0 fully saturated rings. The molecule has 0 radical (unpaired) electrons. The lowest BCUT2D eigenvalue weighted by atomic mass is 9.93. The minimum absolute atomic E-state index is 0.628. The molecule has 0 aliphatic rings. The van der Waals surface area contributed by atoms with Crippen molar-refractivity contribution in [2.45, 2.75) is 13.8 Å². The van der Waals surface area contributed by atoms with Gasteiger partial charge in [0.1, 0.15) is 0 Å². The van der Waals surface area contributed by atoms with Crippen molar-refractivity contribution in [3.63, 3.8) is 0 Å². The normalized spacial score (nSPS) is 10.9. The summed E-state index contributed by atoms with van der Waals surface area (Å²) in [5.74, 6) is 7.30. The lowest BCUT2D eigenvalue weighted by Crippen LogP contribution is -2.09. The maximum Gasteiger partial charge on any atom is 0.0998 e. The van der Waals surface area contributed by atoms with Gasteiger partial charge in [0.05, 0.1) is 33.9 Å². The van der Waals surface area contributed by atoms with Crippen LogP contribution < -0.4 is 9.80 Å². The van der Waals surface area contributed by atoms with Gasteiger partial charge < -0.3 is 14.4 Å². The number of hydrogen-bond acceptors (Lipinski definition) is 3. The van der Waals surface area contributed by atoms with Crippen molar-refractivity contribution < 1.29 is 0 Å². The van der Waals surface area contributed by atoms with E-state index in [0.717, 1.165) is 95.0 Å². The van der Waals surface area contributed by atoms with Crippen LogP contribution in [-0.2, 0) is 0 Å². The number of rotatable bonds is 8. The SMILES string of the molecule is Cc1cccc(-c2ccccc2C#N)c1C#Cc1c(C)cccc1-n1c2ccc(N(c3ccccc3)c3ccccc3)cc2c2cc(N(c3ccccc3)c3ccccc3)ccc21. The van der Waals surface area contributed by atoms with Crippen LogP contribution in [0.2, 0.25) is 0 Å². The zero-order valence-electron chi connectivity index (χ0n) is 35.1. The second-order valence-corrected chi connectivity index (χ2v) is 15.6. The number of fused-ring (bicyclic) bond motifs is 3. The zero-order chi connectivity index (χ0) is 42.7. The number of aromatic nitrogens is 1. The third kappa shape index (κ3) is 7.27. The van der Waals surface area contributed by atoms with E-state index in [1.54, 1.807) is 0 Å². The van der Waals surface area contributed by atoms with E-state index < -0.39 is 0 Å². The molecule has 0 saturated heterocycles. The van der Waals surface area contributed by atoms with Crippen molar-refractivity contribution in [2.24, 2.45) is 0 Å². The van der Waals surface area contributed by atoms with Crippen LogP contribution in [0.3, 0.4) is 0 Å². The first-order valence-electron chi connectivity index (χ1n) is 21.2. The molecule has 0 saturated carbocycles. The second-order valence-electron chi connectivity index (χ2n) is 15.6. The molecular formula is C59H42N4. The van der Waals surface area contributed by atoms with E-state index in [2.05, 4.69) is 234 Å². The molecule has 0 amide bonds. The monoisotopic (exact) mass is 806 g/mol. The Morgan fingerprint density at radius 1 is 0.381 bits per heavy atom. The van der Waals surface area contributed by atoms with Gasteiger partial charge >= 0.3 is 0 Å². The Labute approximate surface area is 368 Å². The van der Waals surface area contributed by atoms with Gasteiger partial charge in [-0.1, -0.05) is 133 Å². The number of anilines is 6. The lowest BCUT2D eigenvalue weighted by molar-refractivity contribution is 1.16. The van der Waals surface area contributed by atoms with Crippen LogP contribution in [0.15, 0.2) is 218 Å². The van der Waals surface area contributed by atoms with Gasteiger partial charge in [0, 0.05) is 56.0 Å². The van der Waals surface area contributed by atoms with Gasteiger partial charge in [-0.05, 0) is 128 Å². The summed E-state index contributed by atoms with van der Waals surface area (Å²) < 4.78 is 2.38. The van der Waals surface area contributed by atoms with Crippen LogP contribution in [0.25, 0.3) is 38.6 Å². The van der Waals surface area contributed by atoms with Crippen LogP contribution in [0.1, 0.15) is 27.8 Å². The molecule has 4 heteroatoms. The number of nitrogens with zero attached hydrogens (tertiary/aromatic N) is 4. The molecule has 63 heavy (non-hydrogen) atoms. The molecular weight excluding hydrogens is 765 g/mol. The minimum Gasteiger partial charge on any atom is -0.310 e. The van der Waals surface area contributed by atoms with Crippen molar-refractivity contribution in [3.05, 3.63) is 246 Å². The van der Waals surface area contributed by atoms with Crippen LogP contribution in [-0.4, -0.2) is 4.57 Å². The second kappa shape index (κ2) is 16.8. The molecule has 0 N–H and O–H groups in total. The number of hydrogen-bond donors (Lipinski definition) is 0. The Morgan fingerprint density at radius 3 is 1.29 bits per heavy atom. The van der Waals surface area contributed by atoms with E-state index >= 15 is 0 Å². The van der Waals surface area contributed by atoms with E-state index in [1.165, 1.54) is 0 Å². The molecule has 0 aliphatic heterocycles. The van der Waals surface area contributed by atoms with E-state index in [0.29, 0.717) is 5.56 Å². The lowest BCUT2D eigenvalue weighted by Gasteiger charge is -2.26. The zero-order valence-corrected chi connectivity index (χ0v) is 35.1. The minimum atomic E-state index is 0.628. The molecule has 9 aromatic carbocycles. The Bertz CT molecular complexity index is 3150. The van der Waals surface area contributed by atoms with Gasteiger partial charge in [-0.15, -0.1) is 0 Å². The number of aryl methyl sites for hydroxylation is 2. The fraction of sp³-hybridized carbons (Fsp3) is 0.0339. The fourth-order valence-electron chi connectivity index (χ4n) is 8.74. The molecule has 0 aliphatic carbocycles. The smallest absolute Gasteiger partial charge is 0.0998 e. The van der Waals surface area contributed by atoms with Crippen LogP contribution in [0, 0.1) is 37.0 Å². The van der Waals surface area contributed by atoms with E-state index in [-0.39, 0.29) is 0 Å². The Hall–Kier alpha value is -8.57. The predicted molar refractivity (Wildman–Crippen MR) is 262 cm³/mol. The highest BCUT2D eigenvalue weighted by Gasteiger charge is 2.21. The predicted octanol–water partition coefficient (Wildman–Crippen LogP) is 15.3. The van der Waals surface area contributed by atoms with Gasteiger partial charge in [-0.3, -0.25) is 0 Å². The van der Waals surface area contributed by atoms with Crippen LogP contribution in [0.5, 0.6) is 0 Å². The van der Waals surface area contributed by atoms with Crippen LogP contribution >= 0.6 is 0 Å². The molecule has 0 unspecified atom stereocenters. The largest absolute Gasteiger partial charge is 0.310 e. The maximum absolute atomic E-state index is 10.0. The van der Waals surface area contributed by atoms with Gasteiger partial charge in [-0.25, -0.2) is 0 Å². The highest BCUT2D eigenvalue weighted by Crippen LogP contribution is 2.43. The topological polar surface area (TPSA) is 35.2 Å². The van der Waals surface area contributed by atoms with Crippen LogP contribution in [0.4, 0.5) is 34.1 Å². The number of para-hydroxylation sites is 4. The van der Waals surface area contributed by atoms with E-state index in [9.17, 15) is 5.26 Å². The molecule has 298 valence electrons. The summed E-state index contributed by atoms with van der Waals surface area (Å²) in [5, 5.41) is 12.3. The molecule has 0 spiro atoms. The van der Waals surface area contributed by atoms with Gasteiger partial charge in [-0.2, -0.15) is 5.26 Å². The highest BCUT2D eigenvalue weighted by molar-refractivity contribution is 6.12. The first-order chi connectivity index (χ1) is 31.1. The number of benzene rings is 9. The Balaban J connectivity index is 1.22. The van der Waals surface area contributed by atoms with Crippen molar-refractivity contribution >= 4 is 55.9 Å². The molecule has 0 bridgehead atoms. The number of nitriles is 1. The van der Waals surface area contributed by atoms with Crippen molar-refractivity contribution in [1.29, 1.82) is 5.26 Å². The highest BCUT2D eigenvalue weighted by atomic mass is 15.1. The van der Waals surface area contributed by atoms with Gasteiger partial charge in [0.2, 0.25) is 0 Å². The maximum atomic E-state index is 10.0. The quantitative estimate of drug-likeness (QED) is 0.144. The Kier molecular flexibility index (Phi) is 10.3. The molecule has 10 aromatic rings. The summed E-state index contributed by atoms with van der Waals surface area (Å²) >= 11 is 0. The van der Waals surface area contributed by atoms with Gasteiger partial charge in [0.15, 0.2) is 0 Å². The molecule has 1 heterocycles. The summed E-state index contributed by atoms with van der Waals surface area (Å²) in [6.07, 6.45) is 0. The summed E-state index contributed by atoms with van der Waals surface area (Å²) in [4.78, 5) is 4.64. The molecule has 4 nitrogen and oxygen atoms in total. The van der Waals surface area contributed by atoms with Crippen molar-refractivity contribution in [2.75, 3.05) is 9.80 Å². The fourth-order valence-corrected chi connectivity index (χ4v) is 8.74. The van der Waals surface area contributed by atoms with E-state index in [4.69, 9.17) is 0 Å². The summed E-state index contributed by atoms with van der Waals surface area (Å²) in [6.45, 7) is 4.22.